The molecule has 0 amide bonds. The summed E-state index contributed by atoms with van der Waals surface area (Å²) in [6.45, 7) is 5.91. The van der Waals surface area contributed by atoms with Crippen LogP contribution in [0.25, 0.3) is 0 Å². The van der Waals surface area contributed by atoms with Gasteiger partial charge in [0.05, 0.1) is 30.3 Å². The number of hydrogen-bond acceptors (Lipinski definition) is 5. The van der Waals surface area contributed by atoms with Crippen molar-refractivity contribution in [3.8, 4) is 5.75 Å². The molecule has 0 bridgehead atoms. The first-order valence-corrected chi connectivity index (χ1v) is 8.09. The second-order valence-electron chi connectivity index (χ2n) is 5.25. The summed E-state index contributed by atoms with van der Waals surface area (Å²) in [4.78, 5) is 2.39. The molecule has 1 heterocycles. The van der Waals surface area contributed by atoms with Crippen molar-refractivity contribution >= 4 is 15.9 Å². The van der Waals surface area contributed by atoms with Crippen molar-refractivity contribution in [1.29, 1.82) is 0 Å². The Kier molecular flexibility index (Phi) is 6.44. The number of morpholine rings is 1. The number of methoxy groups -OCH3 is 1. The van der Waals surface area contributed by atoms with E-state index in [2.05, 4.69) is 45.3 Å². The molecule has 118 valence electrons. The van der Waals surface area contributed by atoms with E-state index in [0.29, 0.717) is 0 Å². The predicted molar refractivity (Wildman–Crippen MR) is 87.4 cm³/mol. The zero-order chi connectivity index (χ0) is 15.2. The largest absolute Gasteiger partial charge is 0.496 e. The fraction of sp³-hybridized carbons (Fsp3) is 0.600. The summed E-state index contributed by atoms with van der Waals surface area (Å²) in [5.74, 6) is 6.58. The van der Waals surface area contributed by atoms with Crippen LogP contribution in [0.2, 0.25) is 0 Å². The van der Waals surface area contributed by atoms with E-state index in [0.717, 1.165) is 42.9 Å². The van der Waals surface area contributed by atoms with Gasteiger partial charge in [-0.05, 0) is 46.6 Å². The molecule has 2 unspecified atom stereocenters. The summed E-state index contributed by atoms with van der Waals surface area (Å²) in [5.41, 5.74) is 4.11. The first-order valence-electron chi connectivity index (χ1n) is 7.30. The maximum Gasteiger partial charge on any atom is 0.133 e. The molecule has 1 aromatic carbocycles. The minimum absolute atomic E-state index is 0.0969. The van der Waals surface area contributed by atoms with Gasteiger partial charge in [-0.15, -0.1) is 0 Å². The number of benzene rings is 1. The van der Waals surface area contributed by atoms with Gasteiger partial charge in [0.2, 0.25) is 0 Å². The van der Waals surface area contributed by atoms with E-state index in [1.54, 1.807) is 7.11 Å². The predicted octanol–water partition coefficient (Wildman–Crippen LogP) is 1.55. The van der Waals surface area contributed by atoms with Crippen LogP contribution in [0.5, 0.6) is 5.75 Å². The standard InChI is InChI=1S/C15H24BrN3O2/c1-3-19-6-7-21-15(10-19)13(18-17)9-11-4-5-14(20-2)12(16)8-11/h4-5,8,13,15,18H,3,6-7,9-10,17H2,1-2H3. The van der Waals surface area contributed by atoms with Crippen LogP contribution in [0, 0.1) is 0 Å². The minimum Gasteiger partial charge on any atom is -0.496 e. The zero-order valence-electron chi connectivity index (χ0n) is 12.6. The molecule has 0 aromatic heterocycles. The number of ether oxygens (including phenoxy) is 2. The number of nitrogens with two attached hydrogens (primary N) is 1. The van der Waals surface area contributed by atoms with Gasteiger partial charge >= 0.3 is 0 Å². The minimum atomic E-state index is 0.0969. The summed E-state index contributed by atoms with van der Waals surface area (Å²) in [7, 11) is 1.67. The molecule has 1 fully saturated rings. The molecule has 21 heavy (non-hydrogen) atoms. The lowest BCUT2D eigenvalue weighted by atomic mass is 10.0. The van der Waals surface area contributed by atoms with Gasteiger partial charge < -0.3 is 9.47 Å². The first-order chi connectivity index (χ1) is 10.2. The number of rotatable bonds is 6. The average molecular weight is 358 g/mol. The van der Waals surface area contributed by atoms with Gasteiger partial charge in [0, 0.05) is 13.1 Å². The van der Waals surface area contributed by atoms with E-state index in [1.807, 2.05) is 6.07 Å². The molecule has 2 atom stereocenters. The van der Waals surface area contributed by atoms with Gasteiger partial charge in [0.15, 0.2) is 0 Å². The van der Waals surface area contributed by atoms with E-state index in [9.17, 15) is 0 Å². The fourth-order valence-corrected chi connectivity index (χ4v) is 3.24. The van der Waals surface area contributed by atoms with Crippen molar-refractivity contribution in [1.82, 2.24) is 10.3 Å². The third kappa shape index (κ3) is 4.40. The van der Waals surface area contributed by atoms with Gasteiger partial charge in [-0.25, -0.2) is 0 Å². The van der Waals surface area contributed by atoms with E-state index < -0.39 is 0 Å². The highest BCUT2D eigenvalue weighted by molar-refractivity contribution is 9.10. The number of hydrogen-bond donors (Lipinski definition) is 2. The van der Waals surface area contributed by atoms with Gasteiger partial charge in [-0.2, -0.15) is 0 Å². The highest BCUT2D eigenvalue weighted by Gasteiger charge is 2.27. The van der Waals surface area contributed by atoms with Crippen molar-refractivity contribution in [2.45, 2.75) is 25.5 Å². The zero-order valence-corrected chi connectivity index (χ0v) is 14.2. The smallest absolute Gasteiger partial charge is 0.133 e. The molecule has 2 rings (SSSR count). The lowest BCUT2D eigenvalue weighted by Crippen LogP contribution is -2.54. The van der Waals surface area contributed by atoms with E-state index in [1.165, 1.54) is 5.56 Å². The SMILES string of the molecule is CCN1CCOC(C(Cc2ccc(OC)c(Br)c2)NN)C1. The van der Waals surface area contributed by atoms with Gasteiger partial charge in [-0.3, -0.25) is 16.2 Å². The Morgan fingerprint density at radius 3 is 3.00 bits per heavy atom. The molecule has 0 aliphatic carbocycles. The third-order valence-electron chi connectivity index (χ3n) is 3.96. The Labute approximate surface area is 134 Å². The lowest BCUT2D eigenvalue weighted by molar-refractivity contribution is -0.0447. The highest BCUT2D eigenvalue weighted by Crippen LogP contribution is 2.26. The van der Waals surface area contributed by atoms with Crippen LogP contribution < -0.4 is 16.0 Å². The van der Waals surface area contributed by atoms with Crippen molar-refractivity contribution in [3.63, 3.8) is 0 Å². The van der Waals surface area contributed by atoms with Crippen molar-refractivity contribution in [3.05, 3.63) is 28.2 Å². The fourth-order valence-electron chi connectivity index (χ4n) is 2.65. The Morgan fingerprint density at radius 2 is 2.38 bits per heavy atom. The van der Waals surface area contributed by atoms with Crippen molar-refractivity contribution in [2.24, 2.45) is 5.84 Å². The van der Waals surface area contributed by atoms with Crippen LogP contribution in [0.3, 0.4) is 0 Å². The van der Waals surface area contributed by atoms with Crippen molar-refractivity contribution in [2.75, 3.05) is 33.4 Å². The van der Waals surface area contributed by atoms with Crippen LogP contribution in [0.4, 0.5) is 0 Å². The molecule has 0 spiro atoms. The summed E-state index contributed by atoms with van der Waals surface area (Å²) in [5, 5.41) is 0. The molecule has 5 nitrogen and oxygen atoms in total. The summed E-state index contributed by atoms with van der Waals surface area (Å²) >= 11 is 3.52. The average Bonchev–Trinajstić information content (AvgIpc) is 2.52. The number of likely N-dealkylation sites (N-methyl/N-ethyl adjacent to an activating group) is 1. The highest BCUT2D eigenvalue weighted by atomic mass is 79.9. The third-order valence-corrected chi connectivity index (χ3v) is 4.58. The number of hydrazine groups is 1. The number of nitrogens with one attached hydrogen (secondary N) is 1. The molecular formula is C15H24BrN3O2. The molecule has 6 heteroatoms. The van der Waals surface area contributed by atoms with E-state index >= 15 is 0 Å². The van der Waals surface area contributed by atoms with E-state index in [4.69, 9.17) is 15.3 Å². The topological polar surface area (TPSA) is 59.8 Å². The van der Waals surface area contributed by atoms with Crippen LogP contribution in [-0.2, 0) is 11.2 Å². The maximum atomic E-state index is 5.89. The number of nitrogens with zero attached hydrogens (tertiary/aromatic N) is 1. The van der Waals surface area contributed by atoms with Crippen LogP contribution in [0.15, 0.2) is 22.7 Å². The molecule has 1 aliphatic heterocycles. The lowest BCUT2D eigenvalue weighted by Gasteiger charge is -2.36. The molecule has 1 saturated heterocycles. The van der Waals surface area contributed by atoms with Gasteiger partial charge in [-0.1, -0.05) is 13.0 Å². The van der Waals surface area contributed by atoms with Gasteiger partial charge in [0.25, 0.3) is 0 Å². The van der Waals surface area contributed by atoms with Crippen molar-refractivity contribution < 1.29 is 9.47 Å². The Balaban J connectivity index is 2.03. The Bertz CT molecular complexity index is 459. The Morgan fingerprint density at radius 1 is 1.57 bits per heavy atom. The Hall–Kier alpha value is -0.660. The second kappa shape index (κ2) is 8.10. The van der Waals surface area contributed by atoms with E-state index in [-0.39, 0.29) is 12.1 Å². The quantitative estimate of drug-likeness (QED) is 0.597. The second-order valence-corrected chi connectivity index (χ2v) is 6.10. The summed E-state index contributed by atoms with van der Waals surface area (Å²) < 4.78 is 12.1. The molecular weight excluding hydrogens is 334 g/mol. The van der Waals surface area contributed by atoms with Crippen LogP contribution >= 0.6 is 15.9 Å². The van der Waals surface area contributed by atoms with Crippen LogP contribution in [-0.4, -0.2) is 50.4 Å². The molecule has 3 N–H and O–H groups in total. The number of halogens is 1. The van der Waals surface area contributed by atoms with Crippen LogP contribution in [0.1, 0.15) is 12.5 Å². The summed E-state index contributed by atoms with van der Waals surface area (Å²) in [6.07, 6.45) is 0.936. The summed E-state index contributed by atoms with van der Waals surface area (Å²) in [6, 6.07) is 6.20. The van der Waals surface area contributed by atoms with Gasteiger partial charge in [0.1, 0.15) is 5.75 Å². The normalized spacial score (nSPS) is 21.2. The molecule has 1 aromatic rings. The first kappa shape index (κ1) is 16.7. The monoisotopic (exact) mass is 357 g/mol. The molecule has 0 saturated carbocycles. The molecule has 1 aliphatic rings. The maximum absolute atomic E-state index is 5.89. The molecule has 0 radical (unpaired) electrons.